The topological polar surface area (TPSA) is 64.6 Å². The van der Waals surface area contributed by atoms with Gasteiger partial charge < -0.3 is 9.47 Å². The molecule has 5 nitrogen and oxygen atoms in total. The number of hydrogen-bond donors (Lipinski definition) is 1. The quantitative estimate of drug-likeness (QED) is 0.762. The van der Waals surface area contributed by atoms with Gasteiger partial charge in [-0.15, -0.1) is 0 Å². The molecule has 2 aromatic rings. The first-order chi connectivity index (χ1) is 11.8. The maximum Gasteiger partial charge on any atom is 0.242 e. The standard InChI is InChI=1S/C17H19Cl2NO4S/c1-11-8-17(14(19)10-13(11)18)25(21,22)20-7-6-12-4-5-15(23-2)16(9-12)24-3/h4-5,8-10,20H,6-7H2,1-3H3. The largest absolute Gasteiger partial charge is 0.493 e. The molecule has 0 amide bonds. The first-order valence-electron chi connectivity index (χ1n) is 7.44. The molecule has 0 atom stereocenters. The summed E-state index contributed by atoms with van der Waals surface area (Å²) >= 11 is 12.0. The molecule has 2 aromatic carbocycles. The monoisotopic (exact) mass is 403 g/mol. The van der Waals surface area contributed by atoms with Gasteiger partial charge >= 0.3 is 0 Å². The zero-order chi connectivity index (χ0) is 18.6. The molecule has 0 aromatic heterocycles. The number of aryl methyl sites for hydroxylation is 1. The average Bonchev–Trinajstić information content (AvgIpc) is 2.57. The van der Waals surface area contributed by atoms with E-state index >= 15 is 0 Å². The van der Waals surface area contributed by atoms with Crippen LogP contribution in [-0.2, 0) is 16.4 Å². The van der Waals surface area contributed by atoms with Crippen LogP contribution in [0, 0.1) is 6.92 Å². The summed E-state index contributed by atoms with van der Waals surface area (Å²) in [4.78, 5) is 0.0170. The predicted molar refractivity (Wildman–Crippen MR) is 99.6 cm³/mol. The molecule has 0 saturated carbocycles. The molecule has 1 N–H and O–H groups in total. The lowest BCUT2D eigenvalue weighted by Gasteiger charge is -2.12. The first kappa shape index (κ1) is 19.8. The molecule has 0 bridgehead atoms. The Labute approximate surface area is 157 Å². The Morgan fingerprint density at radius 3 is 2.32 bits per heavy atom. The molecule has 0 unspecified atom stereocenters. The smallest absolute Gasteiger partial charge is 0.242 e. The van der Waals surface area contributed by atoms with Crippen LogP contribution in [0.5, 0.6) is 11.5 Å². The van der Waals surface area contributed by atoms with E-state index in [-0.39, 0.29) is 16.5 Å². The maximum absolute atomic E-state index is 12.4. The Morgan fingerprint density at radius 2 is 1.68 bits per heavy atom. The van der Waals surface area contributed by atoms with Crippen molar-refractivity contribution in [3.63, 3.8) is 0 Å². The third-order valence-corrected chi connectivity index (χ3v) is 5.99. The Kier molecular flexibility index (Phi) is 6.57. The zero-order valence-electron chi connectivity index (χ0n) is 14.1. The molecule has 0 saturated heterocycles. The number of halogens is 2. The van der Waals surface area contributed by atoms with E-state index in [2.05, 4.69) is 4.72 Å². The summed E-state index contributed by atoms with van der Waals surface area (Å²) in [5, 5.41) is 0.517. The molecule has 0 radical (unpaired) electrons. The molecule has 0 aliphatic heterocycles. The zero-order valence-corrected chi connectivity index (χ0v) is 16.4. The van der Waals surface area contributed by atoms with Gasteiger partial charge in [-0.1, -0.05) is 29.3 Å². The van der Waals surface area contributed by atoms with Crippen molar-refractivity contribution in [3.05, 3.63) is 51.5 Å². The number of ether oxygens (including phenoxy) is 2. The fourth-order valence-electron chi connectivity index (χ4n) is 2.28. The van der Waals surface area contributed by atoms with Crippen LogP contribution in [0.15, 0.2) is 35.2 Å². The predicted octanol–water partition coefficient (Wildman–Crippen LogP) is 3.84. The molecular weight excluding hydrogens is 385 g/mol. The van der Waals surface area contributed by atoms with E-state index in [9.17, 15) is 8.42 Å². The summed E-state index contributed by atoms with van der Waals surface area (Å²) < 4.78 is 37.9. The summed E-state index contributed by atoms with van der Waals surface area (Å²) in [6.07, 6.45) is 0.490. The van der Waals surface area contributed by atoms with Crippen molar-refractivity contribution in [1.29, 1.82) is 0 Å². The first-order valence-corrected chi connectivity index (χ1v) is 9.68. The van der Waals surface area contributed by atoms with Gasteiger partial charge in [0.15, 0.2) is 11.5 Å². The Hall–Kier alpha value is -1.47. The summed E-state index contributed by atoms with van der Waals surface area (Å²) in [6, 6.07) is 8.34. The highest BCUT2D eigenvalue weighted by Gasteiger charge is 2.19. The molecule has 136 valence electrons. The van der Waals surface area contributed by atoms with E-state index in [1.54, 1.807) is 27.2 Å². The molecule has 0 aliphatic carbocycles. The van der Waals surface area contributed by atoms with Gasteiger partial charge in [0.05, 0.1) is 19.2 Å². The third-order valence-electron chi connectivity index (χ3n) is 3.66. The Bertz CT molecular complexity index is 869. The minimum atomic E-state index is -3.73. The van der Waals surface area contributed by atoms with Crippen molar-refractivity contribution in [3.8, 4) is 11.5 Å². The normalized spacial score (nSPS) is 11.4. The lowest BCUT2D eigenvalue weighted by molar-refractivity contribution is 0.354. The van der Waals surface area contributed by atoms with Gasteiger partial charge in [0.2, 0.25) is 10.0 Å². The Balaban J connectivity index is 2.10. The van der Waals surface area contributed by atoms with Gasteiger partial charge in [-0.05, 0) is 48.7 Å². The van der Waals surface area contributed by atoms with Gasteiger partial charge in [0, 0.05) is 11.6 Å². The number of benzene rings is 2. The fraction of sp³-hybridized carbons (Fsp3) is 0.294. The van der Waals surface area contributed by atoms with E-state index in [1.807, 2.05) is 12.1 Å². The molecule has 25 heavy (non-hydrogen) atoms. The molecule has 0 spiro atoms. The van der Waals surface area contributed by atoms with Crippen LogP contribution in [0.2, 0.25) is 10.0 Å². The van der Waals surface area contributed by atoms with Crippen molar-refractivity contribution in [1.82, 2.24) is 4.72 Å². The van der Waals surface area contributed by atoms with Crippen LogP contribution >= 0.6 is 23.2 Å². The number of rotatable bonds is 7. The lowest BCUT2D eigenvalue weighted by Crippen LogP contribution is -2.26. The van der Waals surface area contributed by atoms with Crippen molar-refractivity contribution < 1.29 is 17.9 Å². The van der Waals surface area contributed by atoms with E-state index in [4.69, 9.17) is 32.7 Å². The van der Waals surface area contributed by atoms with Gasteiger partial charge in [0.25, 0.3) is 0 Å². The number of hydrogen-bond acceptors (Lipinski definition) is 4. The van der Waals surface area contributed by atoms with Crippen molar-refractivity contribution in [2.24, 2.45) is 0 Å². The van der Waals surface area contributed by atoms with Crippen molar-refractivity contribution in [2.45, 2.75) is 18.2 Å². The summed E-state index contributed by atoms with van der Waals surface area (Å²) in [5.74, 6) is 1.22. The van der Waals surface area contributed by atoms with Crippen LogP contribution < -0.4 is 14.2 Å². The van der Waals surface area contributed by atoms with Crippen LogP contribution in [0.1, 0.15) is 11.1 Å². The molecule has 0 aliphatic rings. The van der Waals surface area contributed by atoms with Crippen molar-refractivity contribution in [2.75, 3.05) is 20.8 Å². The SMILES string of the molecule is COc1ccc(CCNS(=O)(=O)c2cc(C)c(Cl)cc2Cl)cc1OC. The summed E-state index contributed by atoms with van der Waals surface area (Å²) in [5.41, 5.74) is 1.56. The van der Waals surface area contributed by atoms with Gasteiger partial charge in [-0.25, -0.2) is 13.1 Å². The molecule has 0 heterocycles. The highest BCUT2D eigenvalue weighted by atomic mass is 35.5. The highest BCUT2D eigenvalue weighted by molar-refractivity contribution is 7.89. The van der Waals surface area contributed by atoms with Crippen LogP contribution in [0.3, 0.4) is 0 Å². The van der Waals surface area contributed by atoms with Crippen molar-refractivity contribution >= 4 is 33.2 Å². The van der Waals surface area contributed by atoms with Crippen LogP contribution in [-0.4, -0.2) is 29.2 Å². The minimum Gasteiger partial charge on any atom is -0.493 e. The van der Waals surface area contributed by atoms with Gasteiger partial charge in [0.1, 0.15) is 4.90 Å². The lowest BCUT2D eigenvalue weighted by atomic mass is 10.1. The highest BCUT2D eigenvalue weighted by Crippen LogP contribution is 2.29. The molecule has 0 fully saturated rings. The third kappa shape index (κ3) is 4.79. The molecule has 8 heteroatoms. The number of methoxy groups -OCH3 is 2. The van der Waals surface area contributed by atoms with Crippen LogP contribution in [0.4, 0.5) is 0 Å². The second-order valence-electron chi connectivity index (χ2n) is 5.37. The summed E-state index contributed by atoms with van der Waals surface area (Å²) in [6.45, 7) is 1.94. The summed E-state index contributed by atoms with van der Waals surface area (Å²) in [7, 11) is -0.616. The van der Waals surface area contributed by atoms with Gasteiger partial charge in [-0.2, -0.15) is 0 Å². The molecular formula is C17H19Cl2NO4S. The van der Waals surface area contributed by atoms with Crippen LogP contribution in [0.25, 0.3) is 0 Å². The average molecular weight is 404 g/mol. The van der Waals surface area contributed by atoms with E-state index in [0.29, 0.717) is 28.5 Å². The number of sulfonamides is 1. The Morgan fingerprint density at radius 1 is 1.00 bits per heavy atom. The second-order valence-corrected chi connectivity index (χ2v) is 7.92. The molecule has 2 rings (SSSR count). The maximum atomic E-state index is 12.4. The van der Waals surface area contributed by atoms with E-state index in [1.165, 1.54) is 12.1 Å². The van der Waals surface area contributed by atoms with E-state index in [0.717, 1.165) is 5.56 Å². The minimum absolute atomic E-state index is 0.0170. The number of nitrogens with one attached hydrogen (secondary N) is 1. The van der Waals surface area contributed by atoms with Gasteiger partial charge in [-0.3, -0.25) is 0 Å². The second kappa shape index (κ2) is 8.27. The van der Waals surface area contributed by atoms with E-state index < -0.39 is 10.0 Å². The fourth-order valence-corrected chi connectivity index (χ4v) is 4.14.